The SMILES string of the molecule is CCN1CCCN(c2ccc(C3CC(Nc4cnc(C#N)cn4)NN3)c(OC)c2)CC1. The lowest BCUT2D eigenvalue weighted by Crippen LogP contribution is -2.36. The molecule has 1 aromatic heterocycles. The predicted molar refractivity (Wildman–Crippen MR) is 120 cm³/mol. The second kappa shape index (κ2) is 9.92. The minimum Gasteiger partial charge on any atom is -0.496 e. The molecule has 2 saturated heterocycles. The molecule has 2 fully saturated rings. The van der Waals surface area contributed by atoms with Crippen LogP contribution in [-0.4, -0.2) is 60.9 Å². The quantitative estimate of drug-likeness (QED) is 0.644. The van der Waals surface area contributed by atoms with E-state index in [9.17, 15) is 0 Å². The zero-order valence-electron chi connectivity index (χ0n) is 18.1. The molecule has 164 valence electrons. The van der Waals surface area contributed by atoms with Crippen molar-refractivity contribution in [3.8, 4) is 11.8 Å². The van der Waals surface area contributed by atoms with Crippen molar-refractivity contribution in [3.05, 3.63) is 41.9 Å². The molecule has 0 spiro atoms. The van der Waals surface area contributed by atoms with Gasteiger partial charge in [0.1, 0.15) is 17.6 Å². The summed E-state index contributed by atoms with van der Waals surface area (Å²) in [5, 5.41) is 12.1. The summed E-state index contributed by atoms with van der Waals surface area (Å²) in [6.45, 7) is 7.71. The lowest BCUT2D eigenvalue weighted by atomic mass is 10.0. The Morgan fingerprint density at radius 3 is 2.84 bits per heavy atom. The fourth-order valence-electron chi connectivity index (χ4n) is 4.22. The minimum atomic E-state index is -0.0118. The Balaban J connectivity index is 1.41. The van der Waals surface area contributed by atoms with E-state index in [2.05, 4.69) is 61.1 Å². The highest BCUT2D eigenvalue weighted by atomic mass is 16.5. The van der Waals surface area contributed by atoms with Gasteiger partial charge in [0, 0.05) is 43.4 Å². The maximum absolute atomic E-state index is 8.85. The molecule has 31 heavy (non-hydrogen) atoms. The average molecular weight is 423 g/mol. The van der Waals surface area contributed by atoms with Crippen LogP contribution in [0, 0.1) is 11.3 Å². The van der Waals surface area contributed by atoms with E-state index in [1.807, 2.05) is 6.07 Å². The van der Waals surface area contributed by atoms with Crippen LogP contribution < -0.4 is 25.8 Å². The van der Waals surface area contributed by atoms with E-state index in [4.69, 9.17) is 10.00 Å². The van der Waals surface area contributed by atoms with E-state index >= 15 is 0 Å². The van der Waals surface area contributed by atoms with Crippen molar-refractivity contribution < 1.29 is 4.74 Å². The lowest BCUT2D eigenvalue weighted by molar-refractivity contribution is 0.310. The molecule has 1 aromatic carbocycles. The number of hydrazine groups is 1. The number of nitrogens with one attached hydrogen (secondary N) is 3. The van der Waals surface area contributed by atoms with Crippen molar-refractivity contribution in [2.75, 3.05) is 50.1 Å². The maximum Gasteiger partial charge on any atom is 0.158 e. The first-order valence-electron chi connectivity index (χ1n) is 10.8. The molecule has 2 unspecified atom stereocenters. The van der Waals surface area contributed by atoms with Gasteiger partial charge in [0.15, 0.2) is 5.69 Å². The topological polar surface area (TPSA) is 101 Å². The van der Waals surface area contributed by atoms with Gasteiger partial charge in [0.25, 0.3) is 0 Å². The van der Waals surface area contributed by atoms with Gasteiger partial charge in [0.2, 0.25) is 0 Å². The molecule has 4 rings (SSSR count). The summed E-state index contributed by atoms with van der Waals surface area (Å²) < 4.78 is 5.76. The van der Waals surface area contributed by atoms with Crippen LogP contribution in [0.1, 0.15) is 37.1 Å². The van der Waals surface area contributed by atoms with Crippen LogP contribution in [0.25, 0.3) is 0 Å². The number of ether oxygens (including phenoxy) is 1. The highest BCUT2D eigenvalue weighted by molar-refractivity contribution is 5.55. The largest absolute Gasteiger partial charge is 0.496 e. The number of nitriles is 1. The van der Waals surface area contributed by atoms with E-state index < -0.39 is 0 Å². The molecular formula is C22H30N8O. The Hall–Kier alpha value is -2.93. The number of likely N-dealkylation sites (N-methyl/N-ethyl adjacent to an activating group) is 1. The number of hydrogen-bond acceptors (Lipinski definition) is 9. The number of hydrogen-bond donors (Lipinski definition) is 3. The standard InChI is InChI=1S/C22H30N8O/c1-3-29-7-4-8-30(10-9-29)17-5-6-18(20(11-17)31-2)19-12-21(28-27-19)26-22-15-24-16(13-23)14-25-22/h5-6,11,14-15,19,21,27-28H,3-4,7-10,12H2,1-2H3,(H,25,26). The summed E-state index contributed by atoms with van der Waals surface area (Å²) in [6.07, 6.45) is 5.02. The smallest absolute Gasteiger partial charge is 0.158 e. The van der Waals surface area contributed by atoms with Crippen molar-refractivity contribution >= 4 is 11.5 Å². The van der Waals surface area contributed by atoms with E-state index in [0.717, 1.165) is 50.5 Å². The van der Waals surface area contributed by atoms with E-state index in [1.165, 1.54) is 18.3 Å². The number of nitrogens with zero attached hydrogens (tertiary/aromatic N) is 5. The van der Waals surface area contributed by atoms with Gasteiger partial charge in [0.05, 0.1) is 31.7 Å². The summed E-state index contributed by atoms with van der Waals surface area (Å²) in [7, 11) is 1.73. The molecule has 0 aliphatic carbocycles. The van der Waals surface area contributed by atoms with Gasteiger partial charge in [-0.1, -0.05) is 13.0 Å². The van der Waals surface area contributed by atoms with Gasteiger partial charge in [-0.25, -0.2) is 20.8 Å². The zero-order chi connectivity index (χ0) is 21.6. The predicted octanol–water partition coefficient (Wildman–Crippen LogP) is 1.87. The molecule has 9 heteroatoms. The van der Waals surface area contributed by atoms with Crippen molar-refractivity contribution in [1.82, 2.24) is 25.7 Å². The maximum atomic E-state index is 8.85. The summed E-state index contributed by atoms with van der Waals surface area (Å²) in [4.78, 5) is 13.2. The fraction of sp³-hybridized carbons (Fsp3) is 0.500. The summed E-state index contributed by atoms with van der Waals surface area (Å²) in [6, 6.07) is 8.61. The number of benzene rings is 1. The molecule has 0 amide bonds. The third-order valence-electron chi connectivity index (χ3n) is 5.99. The average Bonchev–Trinajstić information content (AvgIpc) is 3.14. The Morgan fingerprint density at radius 2 is 2.10 bits per heavy atom. The third kappa shape index (κ3) is 5.05. The Kier molecular flexibility index (Phi) is 6.82. The molecule has 3 heterocycles. The van der Waals surface area contributed by atoms with Crippen LogP contribution >= 0.6 is 0 Å². The van der Waals surface area contributed by atoms with Crippen molar-refractivity contribution in [2.24, 2.45) is 0 Å². The van der Waals surface area contributed by atoms with Crippen LogP contribution in [0.3, 0.4) is 0 Å². The van der Waals surface area contributed by atoms with Gasteiger partial charge < -0.3 is 19.9 Å². The second-order valence-corrected chi connectivity index (χ2v) is 7.87. The van der Waals surface area contributed by atoms with Gasteiger partial charge in [-0.3, -0.25) is 0 Å². The number of anilines is 2. The normalized spacial score (nSPS) is 22.0. The monoisotopic (exact) mass is 422 g/mol. The number of aromatic nitrogens is 2. The summed E-state index contributed by atoms with van der Waals surface area (Å²) in [5.74, 6) is 1.52. The van der Waals surface area contributed by atoms with Crippen LogP contribution in [0.2, 0.25) is 0 Å². The molecular weight excluding hydrogens is 392 g/mol. The highest BCUT2D eigenvalue weighted by Gasteiger charge is 2.28. The number of rotatable bonds is 6. The molecule has 2 aliphatic heterocycles. The molecule has 2 aliphatic rings. The number of methoxy groups -OCH3 is 1. The van der Waals surface area contributed by atoms with Crippen LogP contribution in [0.4, 0.5) is 11.5 Å². The first-order valence-corrected chi connectivity index (χ1v) is 10.8. The summed E-state index contributed by atoms with van der Waals surface area (Å²) in [5.41, 5.74) is 9.26. The van der Waals surface area contributed by atoms with Crippen molar-refractivity contribution in [2.45, 2.75) is 32.0 Å². The first kappa shape index (κ1) is 21.3. The van der Waals surface area contributed by atoms with Gasteiger partial charge in [-0.15, -0.1) is 0 Å². The van der Waals surface area contributed by atoms with Gasteiger partial charge in [-0.2, -0.15) is 5.26 Å². The minimum absolute atomic E-state index is 0.0118. The van der Waals surface area contributed by atoms with Gasteiger partial charge in [-0.05, 0) is 25.6 Å². The molecule has 0 saturated carbocycles. The van der Waals surface area contributed by atoms with E-state index in [-0.39, 0.29) is 12.2 Å². The second-order valence-electron chi connectivity index (χ2n) is 7.87. The van der Waals surface area contributed by atoms with E-state index in [1.54, 1.807) is 13.3 Å². The Morgan fingerprint density at radius 1 is 1.19 bits per heavy atom. The molecule has 0 bridgehead atoms. The molecule has 2 atom stereocenters. The van der Waals surface area contributed by atoms with Crippen molar-refractivity contribution in [3.63, 3.8) is 0 Å². The zero-order valence-corrected chi connectivity index (χ0v) is 18.1. The van der Waals surface area contributed by atoms with Gasteiger partial charge >= 0.3 is 0 Å². The molecule has 3 N–H and O–H groups in total. The van der Waals surface area contributed by atoms with Crippen LogP contribution in [0.15, 0.2) is 30.6 Å². The third-order valence-corrected chi connectivity index (χ3v) is 5.99. The first-order chi connectivity index (χ1) is 15.2. The molecule has 0 radical (unpaired) electrons. The highest BCUT2D eigenvalue weighted by Crippen LogP contribution is 2.34. The van der Waals surface area contributed by atoms with Crippen LogP contribution in [0.5, 0.6) is 5.75 Å². The lowest BCUT2D eigenvalue weighted by Gasteiger charge is -2.25. The van der Waals surface area contributed by atoms with Crippen molar-refractivity contribution in [1.29, 1.82) is 5.26 Å². The fourth-order valence-corrected chi connectivity index (χ4v) is 4.22. The Labute approximate surface area is 183 Å². The molecule has 2 aromatic rings. The Bertz CT molecular complexity index is 913. The summed E-state index contributed by atoms with van der Waals surface area (Å²) >= 11 is 0. The van der Waals surface area contributed by atoms with Crippen LogP contribution in [-0.2, 0) is 0 Å². The molecule has 9 nitrogen and oxygen atoms in total. The van der Waals surface area contributed by atoms with E-state index in [0.29, 0.717) is 11.5 Å².